The summed E-state index contributed by atoms with van der Waals surface area (Å²) >= 11 is 0. The van der Waals surface area contributed by atoms with Gasteiger partial charge in [-0.3, -0.25) is 14.7 Å². The number of rotatable bonds is 6. The van der Waals surface area contributed by atoms with Gasteiger partial charge in [0.2, 0.25) is 0 Å². The number of hydrogen-bond donors (Lipinski definition) is 1. The van der Waals surface area contributed by atoms with Gasteiger partial charge in [-0.05, 0) is 42.8 Å². The molecule has 6 nitrogen and oxygen atoms in total. The van der Waals surface area contributed by atoms with Crippen LogP contribution in [0.15, 0.2) is 95.9 Å². The van der Waals surface area contributed by atoms with Crippen LogP contribution >= 0.6 is 0 Å². The van der Waals surface area contributed by atoms with E-state index in [9.17, 15) is 9.90 Å². The molecule has 5 rings (SSSR count). The van der Waals surface area contributed by atoms with Gasteiger partial charge >= 0.3 is 0 Å². The SMILES string of the molecule is Cc1cc(O)c(C(c2ccccc2)N2CCN(c3ccccc3)CC2)c(=O)n1Cc1ccccn1. The zero-order valence-corrected chi connectivity index (χ0v) is 19.9. The molecule has 4 aromatic rings. The summed E-state index contributed by atoms with van der Waals surface area (Å²) in [6, 6.07) is 27.5. The van der Waals surface area contributed by atoms with E-state index in [1.54, 1.807) is 16.8 Å². The molecule has 35 heavy (non-hydrogen) atoms. The molecule has 1 saturated heterocycles. The van der Waals surface area contributed by atoms with E-state index < -0.39 is 0 Å². The minimum absolute atomic E-state index is 0.0455. The van der Waals surface area contributed by atoms with Crippen molar-refractivity contribution in [1.29, 1.82) is 0 Å². The molecule has 0 saturated carbocycles. The standard InChI is InChI=1S/C29H30N4O2/c1-22-20-26(34)27(29(35)33(22)21-24-12-8-9-15-30-24)28(23-10-4-2-5-11-23)32-18-16-31(17-19-32)25-13-6-3-7-14-25/h2-15,20,28,34H,16-19,21H2,1H3. The van der Waals surface area contributed by atoms with Crippen molar-refractivity contribution >= 4 is 5.69 Å². The Labute approximate surface area is 205 Å². The third-order valence-electron chi connectivity index (χ3n) is 6.76. The number of pyridine rings is 2. The lowest BCUT2D eigenvalue weighted by Gasteiger charge is -2.40. The summed E-state index contributed by atoms with van der Waals surface area (Å²) < 4.78 is 1.72. The first-order chi connectivity index (χ1) is 17.1. The zero-order chi connectivity index (χ0) is 24.2. The largest absolute Gasteiger partial charge is 0.507 e. The number of piperazine rings is 1. The Bertz CT molecular complexity index is 1320. The Morgan fingerprint density at radius 3 is 2.20 bits per heavy atom. The van der Waals surface area contributed by atoms with Crippen molar-refractivity contribution in [3.8, 4) is 5.75 Å². The van der Waals surface area contributed by atoms with Gasteiger partial charge < -0.3 is 14.6 Å². The van der Waals surface area contributed by atoms with E-state index in [1.165, 1.54) is 5.69 Å². The molecule has 1 aliphatic rings. The molecule has 1 aliphatic heterocycles. The monoisotopic (exact) mass is 466 g/mol. The molecule has 3 heterocycles. The molecule has 6 heteroatoms. The molecule has 1 unspecified atom stereocenters. The number of para-hydroxylation sites is 1. The lowest BCUT2D eigenvalue weighted by Crippen LogP contribution is -2.49. The van der Waals surface area contributed by atoms with Gasteiger partial charge in [-0.25, -0.2) is 0 Å². The van der Waals surface area contributed by atoms with E-state index in [-0.39, 0.29) is 17.4 Å². The number of benzene rings is 2. The van der Waals surface area contributed by atoms with Gasteiger partial charge in [-0.2, -0.15) is 0 Å². The quantitative estimate of drug-likeness (QED) is 0.461. The third kappa shape index (κ3) is 4.84. The Hall–Kier alpha value is -3.90. The van der Waals surface area contributed by atoms with E-state index in [1.807, 2.05) is 61.5 Å². The van der Waals surface area contributed by atoms with Crippen LogP contribution in [0.4, 0.5) is 5.69 Å². The second kappa shape index (κ2) is 10.2. The van der Waals surface area contributed by atoms with Crippen molar-refractivity contribution in [2.24, 2.45) is 0 Å². The molecule has 2 aromatic heterocycles. The molecular formula is C29H30N4O2. The summed E-state index contributed by atoms with van der Waals surface area (Å²) in [5.74, 6) is 0.0455. The fraction of sp³-hybridized carbons (Fsp3) is 0.241. The average molecular weight is 467 g/mol. The number of aromatic nitrogens is 2. The summed E-state index contributed by atoms with van der Waals surface area (Å²) in [7, 11) is 0. The Morgan fingerprint density at radius 1 is 0.886 bits per heavy atom. The highest BCUT2D eigenvalue weighted by atomic mass is 16.3. The van der Waals surface area contributed by atoms with Gasteiger partial charge in [0.1, 0.15) is 5.75 Å². The predicted octanol–water partition coefficient (Wildman–Crippen LogP) is 4.22. The van der Waals surface area contributed by atoms with Gasteiger partial charge in [0, 0.05) is 43.8 Å². The highest BCUT2D eigenvalue weighted by molar-refractivity contribution is 5.47. The number of aryl methyl sites for hydroxylation is 1. The number of aromatic hydroxyl groups is 1. The molecule has 0 radical (unpaired) electrons. The van der Waals surface area contributed by atoms with E-state index in [0.717, 1.165) is 37.4 Å². The normalized spacial score (nSPS) is 15.2. The van der Waals surface area contributed by atoms with Crippen LogP contribution in [0.1, 0.15) is 28.6 Å². The van der Waals surface area contributed by atoms with Gasteiger partial charge in [-0.15, -0.1) is 0 Å². The van der Waals surface area contributed by atoms with Crippen molar-refractivity contribution in [1.82, 2.24) is 14.5 Å². The second-order valence-electron chi connectivity index (χ2n) is 8.97. The fourth-order valence-corrected chi connectivity index (χ4v) is 4.95. The molecule has 0 bridgehead atoms. The number of nitrogens with zero attached hydrogens (tertiary/aromatic N) is 4. The van der Waals surface area contributed by atoms with Crippen LogP contribution in [0.2, 0.25) is 0 Å². The number of hydrogen-bond acceptors (Lipinski definition) is 5. The van der Waals surface area contributed by atoms with E-state index in [4.69, 9.17) is 0 Å². The topological polar surface area (TPSA) is 61.6 Å². The molecular weight excluding hydrogens is 436 g/mol. The Kier molecular flexibility index (Phi) is 6.64. The molecule has 0 spiro atoms. The molecule has 1 N–H and O–H groups in total. The first kappa shape index (κ1) is 22.9. The first-order valence-corrected chi connectivity index (χ1v) is 12.0. The highest BCUT2D eigenvalue weighted by Gasteiger charge is 2.31. The summed E-state index contributed by atoms with van der Waals surface area (Å²) in [5.41, 5.74) is 3.98. The minimum atomic E-state index is -0.336. The lowest BCUT2D eigenvalue weighted by molar-refractivity contribution is 0.207. The van der Waals surface area contributed by atoms with Crippen LogP contribution in [-0.4, -0.2) is 45.7 Å². The molecule has 0 aliphatic carbocycles. The van der Waals surface area contributed by atoms with E-state index >= 15 is 0 Å². The molecule has 178 valence electrons. The van der Waals surface area contributed by atoms with E-state index in [0.29, 0.717) is 17.8 Å². The summed E-state index contributed by atoms with van der Waals surface area (Å²) in [5, 5.41) is 11.1. The van der Waals surface area contributed by atoms with Crippen LogP contribution in [0.25, 0.3) is 0 Å². The van der Waals surface area contributed by atoms with Crippen LogP contribution in [0.3, 0.4) is 0 Å². The van der Waals surface area contributed by atoms with Crippen molar-refractivity contribution in [2.45, 2.75) is 19.5 Å². The molecule has 0 amide bonds. The van der Waals surface area contributed by atoms with Crippen molar-refractivity contribution < 1.29 is 5.11 Å². The van der Waals surface area contributed by atoms with Gasteiger partial charge in [0.25, 0.3) is 5.56 Å². The predicted molar refractivity (Wildman–Crippen MR) is 139 cm³/mol. The summed E-state index contributed by atoms with van der Waals surface area (Å²) in [6.45, 7) is 5.47. The smallest absolute Gasteiger partial charge is 0.260 e. The second-order valence-corrected chi connectivity index (χ2v) is 8.97. The Balaban J connectivity index is 1.52. The zero-order valence-electron chi connectivity index (χ0n) is 19.9. The molecule has 1 fully saturated rings. The van der Waals surface area contributed by atoms with Gasteiger partial charge in [-0.1, -0.05) is 54.6 Å². The van der Waals surface area contributed by atoms with Crippen LogP contribution < -0.4 is 10.5 Å². The van der Waals surface area contributed by atoms with Gasteiger partial charge in [0.05, 0.1) is 23.8 Å². The van der Waals surface area contributed by atoms with Gasteiger partial charge in [0.15, 0.2) is 0 Å². The van der Waals surface area contributed by atoms with E-state index in [2.05, 4.69) is 39.0 Å². The maximum atomic E-state index is 13.9. The van der Waals surface area contributed by atoms with Crippen LogP contribution in [0.5, 0.6) is 5.75 Å². The first-order valence-electron chi connectivity index (χ1n) is 12.0. The highest BCUT2D eigenvalue weighted by Crippen LogP contribution is 2.33. The van der Waals surface area contributed by atoms with Crippen molar-refractivity contribution in [2.75, 3.05) is 31.1 Å². The maximum Gasteiger partial charge on any atom is 0.260 e. The minimum Gasteiger partial charge on any atom is -0.507 e. The van der Waals surface area contributed by atoms with Crippen LogP contribution in [-0.2, 0) is 6.54 Å². The maximum absolute atomic E-state index is 13.9. The molecule has 2 aromatic carbocycles. The lowest BCUT2D eigenvalue weighted by atomic mass is 9.96. The molecule has 1 atom stereocenters. The Morgan fingerprint density at radius 2 is 1.54 bits per heavy atom. The van der Waals surface area contributed by atoms with Crippen molar-refractivity contribution in [3.63, 3.8) is 0 Å². The third-order valence-corrected chi connectivity index (χ3v) is 6.76. The summed E-state index contributed by atoms with van der Waals surface area (Å²) in [4.78, 5) is 23.0. The summed E-state index contributed by atoms with van der Waals surface area (Å²) in [6.07, 6.45) is 1.73. The average Bonchev–Trinajstić information content (AvgIpc) is 2.91. The fourth-order valence-electron chi connectivity index (χ4n) is 4.95. The number of anilines is 1. The van der Waals surface area contributed by atoms with Crippen molar-refractivity contribution in [3.05, 3.63) is 124 Å². The van der Waals surface area contributed by atoms with Crippen LogP contribution in [0, 0.1) is 6.92 Å².